The minimum atomic E-state index is 0.850. The van der Waals surface area contributed by atoms with Gasteiger partial charge < -0.3 is 0 Å². The van der Waals surface area contributed by atoms with Crippen LogP contribution in [0.4, 0.5) is 0 Å². The van der Waals surface area contributed by atoms with E-state index in [0.717, 1.165) is 44.2 Å². The maximum atomic E-state index is 5.41. The van der Waals surface area contributed by atoms with Crippen LogP contribution >= 0.6 is 11.3 Å². The first-order valence-electron chi connectivity index (χ1n) is 20.7. The second-order valence-corrected chi connectivity index (χ2v) is 16.8. The number of thiophene rings is 1. The number of benzene rings is 10. The summed E-state index contributed by atoms with van der Waals surface area (Å²) in [6, 6.07) is 76.6. The highest BCUT2D eigenvalue weighted by molar-refractivity contribution is 7.26. The minimum absolute atomic E-state index is 0.850. The fourth-order valence-corrected chi connectivity index (χ4v) is 10.3. The molecule has 0 radical (unpaired) electrons. The highest BCUT2D eigenvalue weighted by atomic mass is 32.1. The van der Waals surface area contributed by atoms with Crippen LogP contribution in [0.5, 0.6) is 0 Å². The van der Waals surface area contributed by atoms with Gasteiger partial charge in [0.15, 0.2) is 0 Å². The van der Waals surface area contributed by atoms with Crippen molar-refractivity contribution in [1.29, 1.82) is 0 Å². The Morgan fingerprint density at radius 2 is 0.770 bits per heavy atom. The molecule has 2 heterocycles. The van der Waals surface area contributed by atoms with Gasteiger partial charge in [0.05, 0.1) is 22.9 Å². The lowest BCUT2D eigenvalue weighted by Gasteiger charge is -2.14. The van der Waals surface area contributed by atoms with Crippen LogP contribution in [-0.4, -0.2) is 9.97 Å². The van der Waals surface area contributed by atoms with E-state index in [4.69, 9.17) is 9.97 Å². The van der Waals surface area contributed by atoms with Gasteiger partial charge in [0.1, 0.15) is 0 Å². The molecule has 2 nitrogen and oxygen atoms in total. The van der Waals surface area contributed by atoms with Gasteiger partial charge in [0.25, 0.3) is 0 Å². The number of aromatic nitrogens is 2. The number of rotatable bonds is 6. The van der Waals surface area contributed by atoms with Crippen molar-refractivity contribution in [2.75, 3.05) is 0 Å². The first kappa shape index (κ1) is 35.2. The summed E-state index contributed by atoms with van der Waals surface area (Å²) in [5.41, 5.74) is 15.6. The van der Waals surface area contributed by atoms with E-state index in [0.29, 0.717) is 0 Å². The van der Waals surface area contributed by atoms with Gasteiger partial charge in [-0.25, -0.2) is 4.98 Å². The highest BCUT2D eigenvalue weighted by Crippen LogP contribution is 2.41. The summed E-state index contributed by atoms with van der Waals surface area (Å²) in [4.78, 5) is 10.6. The molecule has 0 spiro atoms. The van der Waals surface area contributed by atoms with Crippen LogP contribution in [0.25, 0.3) is 120 Å². The molecule has 0 aliphatic carbocycles. The quantitative estimate of drug-likeness (QED) is 0.157. The molecule has 284 valence electrons. The van der Waals surface area contributed by atoms with Crippen molar-refractivity contribution in [3.8, 4) is 66.9 Å². The van der Waals surface area contributed by atoms with Gasteiger partial charge >= 0.3 is 0 Å². The standard InChI is InChI=1S/C58H36N2S/c1-3-12-37(13-4-1)44-28-30-49-52(34-44)53-35-45(38-14-5-2-6-15-38)29-31-50(53)57-56(49)59-36-54(60-57)46-19-10-18-43(33-46)42-17-9-16-41(32-42)39-24-26-40(27-25-39)47-21-11-22-51-48-20-7-8-23-55(48)61-58(47)51/h1-36H. The zero-order valence-corrected chi connectivity index (χ0v) is 33.9. The Morgan fingerprint density at radius 3 is 1.46 bits per heavy atom. The lowest BCUT2D eigenvalue weighted by atomic mass is 9.93. The summed E-state index contributed by atoms with van der Waals surface area (Å²) in [6.07, 6.45) is 1.94. The van der Waals surface area contributed by atoms with Gasteiger partial charge in [-0.3, -0.25) is 4.98 Å². The van der Waals surface area contributed by atoms with Crippen LogP contribution < -0.4 is 0 Å². The van der Waals surface area contributed by atoms with Crippen molar-refractivity contribution in [1.82, 2.24) is 9.97 Å². The lowest BCUT2D eigenvalue weighted by molar-refractivity contribution is 1.31. The summed E-state index contributed by atoms with van der Waals surface area (Å²) in [7, 11) is 0. The molecule has 12 rings (SSSR count). The zero-order valence-electron chi connectivity index (χ0n) is 33.1. The molecule has 10 aromatic carbocycles. The van der Waals surface area contributed by atoms with Gasteiger partial charge in [0.2, 0.25) is 0 Å². The molecule has 2 aromatic heterocycles. The maximum absolute atomic E-state index is 5.41. The van der Waals surface area contributed by atoms with Crippen molar-refractivity contribution < 1.29 is 0 Å². The molecule has 0 bridgehead atoms. The van der Waals surface area contributed by atoms with E-state index in [1.165, 1.54) is 75.5 Å². The lowest BCUT2D eigenvalue weighted by Crippen LogP contribution is -1.93. The van der Waals surface area contributed by atoms with Gasteiger partial charge in [-0.1, -0.05) is 182 Å². The summed E-state index contributed by atoms with van der Waals surface area (Å²) >= 11 is 1.87. The van der Waals surface area contributed by atoms with E-state index in [9.17, 15) is 0 Å². The number of hydrogen-bond donors (Lipinski definition) is 0. The molecule has 0 unspecified atom stereocenters. The van der Waals surface area contributed by atoms with Gasteiger partial charge in [-0.05, 0) is 96.7 Å². The Hall–Kier alpha value is -7.72. The summed E-state index contributed by atoms with van der Waals surface area (Å²) in [5.74, 6) is 0. The zero-order chi connectivity index (χ0) is 40.3. The van der Waals surface area contributed by atoms with E-state index in [1.54, 1.807) is 0 Å². The summed E-state index contributed by atoms with van der Waals surface area (Å²) < 4.78 is 2.67. The topological polar surface area (TPSA) is 25.8 Å². The van der Waals surface area contributed by atoms with Crippen LogP contribution in [0.2, 0.25) is 0 Å². The first-order valence-corrected chi connectivity index (χ1v) is 21.5. The van der Waals surface area contributed by atoms with E-state index in [2.05, 4.69) is 212 Å². The van der Waals surface area contributed by atoms with Gasteiger partial charge in [-0.2, -0.15) is 0 Å². The number of fused-ring (bicyclic) bond motifs is 9. The molecule has 0 amide bonds. The molecule has 0 fully saturated rings. The van der Waals surface area contributed by atoms with Crippen molar-refractivity contribution in [2.45, 2.75) is 0 Å². The largest absolute Gasteiger partial charge is 0.252 e. The minimum Gasteiger partial charge on any atom is -0.252 e. The Morgan fingerprint density at radius 1 is 0.295 bits per heavy atom. The van der Waals surface area contributed by atoms with Crippen molar-refractivity contribution in [2.24, 2.45) is 0 Å². The van der Waals surface area contributed by atoms with Gasteiger partial charge in [-0.15, -0.1) is 11.3 Å². The van der Waals surface area contributed by atoms with Crippen LogP contribution in [0.3, 0.4) is 0 Å². The van der Waals surface area contributed by atoms with Crippen molar-refractivity contribution >= 4 is 64.1 Å². The SMILES string of the molecule is c1ccc(-c2ccc3c(c2)c2cc(-c4ccccc4)ccc2c2nc(-c4cccc(-c5cccc(-c6ccc(-c7cccc8c7sc7ccccc78)cc6)c5)c4)cnc32)cc1. The molecule has 0 N–H and O–H groups in total. The average molecular weight is 793 g/mol. The van der Waals surface area contributed by atoms with Crippen molar-refractivity contribution in [3.05, 3.63) is 219 Å². The average Bonchev–Trinajstić information content (AvgIpc) is 3.73. The molecular weight excluding hydrogens is 757 g/mol. The molecule has 0 aliphatic rings. The maximum Gasteiger partial charge on any atom is 0.0979 e. The summed E-state index contributed by atoms with van der Waals surface area (Å²) in [5, 5.41) is 7.19. The Labute approximate surface area is 357 Å². The molecule has 0 atom stereocenters. The predicted octanol–water partition coefficient (Wildman–Crippen LogP) is 16.3. The Balaban J connectivity index is 0.915. The molecule has 0 saturated carbocycles. The Bertz CT molecular complexity index is 3630. The molecule has 61 heavy (non-hydrogen) atoms. The number of nitrogens with zero attached hydrogens (tertiary/aromatic N) is 2. The molecule has 3 heteroatoms. The summed E-state index contributed by atoms with van der Waals surface area (Å²) in [6.45, 7) is 0. The molecular formula is C58H36N2S. The van der Waals surface area contributed by atoms with Crippen LogP contribution in [0.1, 0.15) is 0 Å². The van der Waals surface area contributed by atoms with Crippen LogP contribution in [0, 0.1) is 0 Å². The van der Waals surface area contributed by atoms with Crippen molar-refractivity contribution in [3.63, 3.8) is 0 Å². The predicted molar refractivity (Wildman–Crippen MR) is 260 cm³/mol. The number of hydrogen-bond acceptors (Lipinski definition) is 3. The van der Waals surface area contributed by atoms with Crippen LogP contribution in [-0.2, 0) is 0 Å². The first-order chi connectivity index (χ1) is 30.2. The fraction of sp³-hybridized carbons (Fsp3) is 0. The van der Waals surface area contributed by atoms with E-state index in [1.807, 2.05) is 17.5 Å². The third-order valence-corrected chi connectivity index (χ3v) is 13.3. The van der Waals surface area contributed by atoms with Gasteiger partial charge in [0, 0.05) is 36.5 Å². The Kier molecular flexibility index (Phi) is 8.39. The second-order valence-electron chi connectivity index (χ2n) is 15.7. The molecule has 0 aliphatic heterocycles. The smallest absolute Gasteiger partial charge is 0.0979 e. The van der Waals surface area contributed by atoms with E-state index < -0.39 is 0 Å². The van der Waals surface area contributed by atoms with E-state index in [-0.39, 0.29) is 0 Å². The third-order valence-electron chi connectivity index (χ3n) is 12.1. The third kappa shape index (κ3) is 6.18. The second kappa shape index (κ2) is 14.5. The highest BCUT2D eigenvalue weighted by Gasteiger charge is 2.16. The molecule has 12 aromatic rings. The fourth-order valence-electron chi connectivity index (χ4n) is 9.03. The molecule has 0 saturated heterocycles. The monoisotopic (exact) mass is 792 g/mol. The normalized spacial score (nSPS) is 11.6. The van der Waals surface area contributed by atoms with E-state index >= 15 is 0 Å². The van der Waals surface area contributed by atoms with Crippen LogP contribution in [0.15, 0.2) is 219 Å².